The molecule has 1 fully saturated rings. The van der Waals surface area contributed by atoms with E-state index in [1.165, 1.54) is 18.6 Å². The molecule has 1 N–H and O–H groups in total. The summed E-state index contributed by atoms with van der Waals surface area (Å²) in [4.78, 5) is 0. The normalized spacial score (nSPS) is 20.8. The summed E-state index contributed by atoms with van der Waals surface area (Å²) in [6.45, 7) is 0. The Balaban J connectivity index is 2.14. The average molecular weight is 341 g/mol. The van der Waals surface area contributed by atoms with Crippen LogP contribution in [0.3, 0.4) is 0 Å². The molecule has 1 aromatic carbocycles. The van der Waals surface area contributed by atoms with Gasteiger partial charge in [-0.05, 0) is 30.7 Å². The lowest BCUT2D eigenvalue weighted by atomic mass is 10.1. The van der Waals surface area contributed by atoms with E-state index in [0.717, 1.165) is 15.9 Å². The quantitative estimate of drug-likeness (QED) is 0.807. The fraction of sp³-hybridized carbons (Fsp3) is 0.455. The molecule has 5 heteroatoms. The second kappa shape index (κ2) is 5.85. The summed E-state index contributed by atoms with van der Waals surface area (Å²) in [5.41, 5.74) is 0.860. The SMILES string of the molecule is Clc1cc(Br)cc(Cl)c1NC1CCCSC1. The number of hydrogen-bond acceptors (Lipinski definition) is 2. The number of anilines is 1. The number of halogens is 3. The van der Waals surface area contributed by atoms with E-state index in [1.807, 2.05) is 23.9 Å². The zero-order valence-corrected chi connectivity index (χ0v) is 12.5. The van der Waals surface area contributed by atoms with Gasteiger partial charge in [-0.3, -0.25) is 0 Å². The summed E-state index contributed by atoms with van der Waals surface area (Å²) in [6, 6.07) is 4.22. The number of thioether (sulfide) groups is 1. The van der Waals surface area contributed by atoms with Gasteiger partial charge in [0.15, 0.2) is 0 Å². The highest BCUT2D eigenvalue weighted by Gasteiger charge is 2.16. The molecule has 1 aliphatic rings. The summed E-state index contributed by atoms with van der Waals surface area (Å²) < 4.78 is 0.908. The number of rotatable bonds is 2. The van der Waals surface area contributed by atoms with Crippen molar-refractivity contribution in [3.8, 4) is 0 Å². The van der Waals surface area contributed by atoms with Gasteiger partial charge in [0.1, 0.15) is 0 Å². The average Bonchev–Trinajstić information content (AvgIpc) is 2.25. The first-order chi connectivity index (χ1) is 7.66. The van der Waals surface area contributed by atoms with E-state index in [2.05, 4.69) is 21.2 Å². The molecule has 1 nitrogen and oxygen atoms in total. The highest BCUT2D eigenvalue weighted by molar-refractivity contribution is 9.10. The van der Waals surface area contributed by atoms with E-state index >= 15 is 0 Å². The Morgan fingerprint density at radius 2 is 2.00 bits per heavy atom. The van der Waals surface area contributed by atoms with Gasteiger partial charge in [0, 0.05) is 16.3 Å². The number of hydrogen-bond donors (Lipinski definition) is 1. The Hall–Kier alpha value is 0.430. The van der Waals surface area contributed by atoms with Crippen LogP contribution >= 0.6 is 50.9 Å². The summed E-state index contributed by atoms with van der Waals surface area (Å²) in [7, 11) is 0. The first-order valence-electron chi connectivity index (χ1n) is 5.15. The third-order valence-corrected chi connectivity index (χ3v) is 4.79. The summed E-state index contributed by atoms with van der Waals surface area (Å²) in [5, 5.41) is 4.79. The van der Waals surface area contributed by atoms with Crippen LogP contribution in [0.1, 0.15) is 12.8 Å². The largest absolute Gasteiger partial charge is 0.379 e. The van der Waals surface area contributed by atoms with Gasteiger partial charge in [-0.1, -0.05) is 39.1 Å². The summed E-state index contributed by atoms with van der Waals surface area (Å²) >= 11 is 17.7. The van der Waals surface area contributed by atoms with Crippen molar-refractivity contribution in [2.75, 3.05) is 16.8 Å². The maximum absolute atomic E-state index is 6.17. The van der Waals surface area contributed by atoms with Crippen LogP contribution in [0.15, 0.2) is 16.6 Å². The second-order valence-corrected chi connectivity index (χ2v) is 6.68. The zero-order valence-electron chi connectivity index (χ0n) is 8.60. The minimum Gasteiger partial charge on any atom is -0.379 e. The smallest absolute Gasteiger partial charge is 0.0722 e. The molecule has 16 heavy (non-hydrogen) atoms. The van der Waals surface area contributed by atoms with Crippen LogP contribution < -0.4 is 5.32 Å². The van der Waals surface area contributed by atoms with Crippen LogP contribution in [0.25, 0.3) is 0 Å². The molecule has 88 valence electrons. The van der Waals surface area contributed by atoms with Crippen molar-refractivity contribution >= 4 is 56.6 Å². The highest BCUT2D eigenvalue weighted by Crippen LogP contribution is 2.35. The summed E-state index contributed by atoms with van der Waals surface area (Å²) in [5.74, 6) is 2.39. The minimum atomic E-state index is 0.481. The fourth-order valence-electron chi connectivity index (χ4n) is 1.74. The second-order valence-electron chi connectivity index (χ2n) is 3.80. The lowest BCUT2D eigenvalue weighted by molar-refractivity contribution is 0.685. The lowest BCUT2D eigenvalue weighted by Crippen LogP contribution is -2.26. The van der Waals surface area contributed by atoms with Gasteiger partial charge in [0.2, 0.25) is 0 Å². The maximum Gasteiger partial charge on any atom is 0.0722 e. The van der Waals surface area contributed by atoms with Crippen LogP contribution in [0.4, 0.5) is 5.69 Å². The van der Waals surface area contributed by atoms with Crippen LogP contribution in [0.5, 0.6) is 0 Å². The van der Waals surface area contributed by atoms with Crippen molar-refractivity contribution in [1.82, 2.24) is 0 Å². The van der Waals surface area contributed by atoms with E-state index < -0.39 is 0 Å². The Morgan fingerprint density at radius 3 is 2.56 bits per heavy atom. The van der Waals surface area contributed by atoms with Gasteiger partial charge in [-0.15, -0.1) is 0 Å². The molecule has 0 aromatic heterocycles. The van der Waals surface area contributed by atoms with Crippen LogP contribution in [0, 0.1) is 0 Å². The highest BCUT2D eigenvalue weighted by atomic mass is 79.9. The van der Waals surface area contributed by atoms with Crippen molar-refractivity contribution in [3.63, 3.8) is 0 Å². The molecular weight excluding hydrogens is 329 g/mol. The van der Waals surface area contributed by atoms with Gasteiger partial charge >= 0.3 is 0 Å². The molecule has 1 atom stereocenters. The van der Waals surface area contributed by atoms with E-state index in [1.54, 1.807) is 0 Å². The third-order valence-electron chi connectivity index (χ3n) is 2.52. The van der Waals surface area contributed by atoms with E-state index in [9.17, 15) is 0 Å². The third kappa shape index (κ3) is 3.22. The van der Waals surface area contributed by atoms with Gasteiger partial charge in [-0.2, -0.15) is 11.8 Å². The molecule has 1 aromatic rings. The van der Waals surface area contributed by atoms with Crippen molar-refractivity contribution < 1.29 is 0 Å². The van der Waals surface area contributed by atoms with Crippen molar-refractivity contribution in [3.05, 3.63) is 26.7 Å². The topological polar surface area (TPSA) is 12.0 Å². The molecule has 1 aliphatic heterocycles. The monoisotopic (exact) mass is 339 g/mol. The van der Waals surface area contributed by atoms with Gasteiger partial charge < -0.3 is 5.32 Å². The lowest BCUT2D eigenvalue weighted by Gasteiger charge is -2.24. The first-order valence-corrected chi connectivity index (χ1v) is 7.86. The predicted octanol–water partition coefficient (Wildman–Crippen LogP) is 5.06. The first kappa shape index (κ1) is 12.9. The maximum atomic E-state index is 6.17. The molecule has 1 saturated heterocycles. The molecule has 1 heterocycles. The van der Waals surface area contributed by atoms with Crippen molar-refractivity contribution in [1.29, 1.82) is 0 Å². The predicted molar refractivity (Wildman–Crippen MR) is 78.1 cm³/mol. The number of nitrogens with one attached hydrogen (secondary N) is 1. The van der Waals surface area contributed by atoms with Crippen molar-refractivity contribution in [2.45, 2.75) is 18.9 Å². The van der Waals surface area contributed by atoms with Crippen LogP contribution in [-0.4, -0.2) is 17.5 Å². The molecular formula is C11H12BrCl2NS. The van der Waals surface area contributed by atoms with Crippen LogP contribution in [-0.2, 0) is 0 Å². The molecule has 1 unspecified atom stereocenters. The fourth-order valence-corrected chi connectivity index (χ4v) is 4.13. The van der Waals surface area contributed by atoms with E-state index in [4.69, 9.17) is 23.2 Å². The molecule has 2 rings (SSSR count). The van der Waals surface area contributed by atoms with E-state index in [0.29, 0.717) is 16.1 Å². The Labute approximate surface area is 118 Å². The van der Waals surface area contributed by atoms with Gasteiger partial charge in [-0.25, -0.2) is 0 Å². The molecule has 0 saturated carbocycles. The van der Waals surface area contributed by atoms with E-state index in [-0.39, 0.29) is 0 Å². The molecule has 0 spiro atoms. The molecule has 0 radical (unpaired) electrons. The molecule has 0 aliphatic carbocycles. The number of benzene rings is 1. The Morgan fingerprint density at radius 1 is 1.31 bits per heavy atom. The van der Waals surface area contributed by atoms with Crippen LogP contribution in [0.2, 0.25) is 10.0 Å². The van der Waals surface area contributed by atoms with Gasteiger partial charge in [0.05, 0.1) is 15.7 Å². The zero-order chi connectivity index (χ0) is 11.5. The van der Waals surface area contributed by atoms with Gasteiger partial charge in [0.25, 0.3) is 0 Å². The van der Waals surface area contributed by atoms with Crippen molar-refractivity contribution in [2.24, 2.45) is 0 Å². The Kier molecular flexibility index (Phi) is 4.71. The molecule has 0 amide bonds. The minimum absolute atomic E-state index is 0.481. The molecule has 0 bridgehead atoms. The summed E-state index contributed by atoms with van der Waals surface area (Å²) in [6.07, 6.45) is 2.45. The standard InChI is InChI=1S/C11H12BrCl2NS/c12-7-4-9(13)11(10(14)5-7)15-8-2-1-3-16-6-8/h4-5,8,15H,1-3,6H2. The Bertz CT molecular complexity index is 357.